The first-order valence-corrected chi connectivity index (χ1v) is 9.90. The minimum Gasteiger partial charge on any atom is -0.363 e. The van der Waals surface area contributed by atoms with E-state index in [2.05, 4.69) is 38.6 Å². The quantitative estimate of drug-likeness (QED) is 0.715. The van der Waals surface area contributed by atoms with Crippen molar-refractivity contribution in [3.8, 4) is 6.07 Å². The number of allylic oxidation sites excluding steroid dienone is 2. The number of rotatable bonds is 6. The molecular formula is C20H23N7S. The van der Waals surface area contributed by atoms with Crippen molar-refractivity contribution in [1.29, 1.82) is 5.26 Å². The molecule has 0 amide bonds. The van der Waals surface area contributed by atoms with E-state index in [4.69, 9.17) is 0 Å². The van der Waals surface area contributed by atoms with Gasteiger partial charge < -0.3 is 15.5 Å². The van der Waals surface area contributed by atoms with Crippen LogP contribution in [-0.4, -0.2) is 29.0 Å². The molecular weight excluding hydrogens is 370 g/mol. The maximum Gasteiger partial charge on any atom is 0.223 e. The van der Waals surface area contributed by atoms with Crippen molar-refractivity contribution >= 4 is 29.1 Å². The molecule has 0 aromatic carbocycles. The zero-order valence-electron chi connectivity index (χ0n) is 16.4. The molecule has 0 aliphatic carbocycles. The average molecular weight is 394 g/mol. The van der Waals surface area contributed by atoms with E-state index in [0.717, 1.165) is 28.5 Å². The van der Waals surface area contributed by atoms with Crippen molar-refractivity contribution in [3.05, 3.63) is 58.0 Å². The molecule has 3 heterocycles. The highest BCUT2D eigenvalue weighted by atomic mass is 32.2. The Morgan fingerprint density at radius 1 is 1.32 bits per heavy atom. The molecule has 7 nitrogen and oxygen atoms in total. The van der Waals surface area contributed by atoms with Crippen LogP contribution in [0.5, 0.6) is 0 Å². The van der Waals surface area contributed by atoms with Crippen molar-refractivity contribution in [2.75, 3.05) is 24.3 Å². The van der Waals surface area contributed by atoms with Crippen molar-refractivity contribution in [2.24, 2.45) is 0 Å². The lowest BCUT2D eigenvalue weighted by Gasteiger charge is -2.16. The monoisotopic (exact) mass is 393 g/mol. The SMILES string of the molecule is CCC1=CSC(=C(C#N)c2ccnc(NC(C)c3ccc(N(C)C)nc3)n2)N1. The average Bonchev–Trinajstić information content (AvgIpc) is 3.18. The maximum atomic E-state index is 9.64. The van der Waals surface area contributed by atoms with Gasteiger partial charge in [0.05, 0.1) is 16.8 Å². The van der Waals surface area contributed by atoms with Crippen molar-refractivity contribution in [2.45, 2.75) is 26.3 Å². The van der Waals surface area contributed by atoms with Gasteiger partial charge in [0, 0.05) is 32.2 Å². The topological polar surface area (TPSA) is 89.8 Å². The van der Waals surface area contributed by atoms with Gasteiger partial charge in [0.25, 0.3) is 0 Å². The summed E-state index contributed by atoms with van der Waals surface area (Å²) in [6.45, 7) is 4.10. The van der Waals surface area contributed by atoms with Crippen LogP contribution in [0.2, 0.25) is 0 Å². The van der Waals surface area contributed by atoms with Crippen molar-refractivity contribution in [1.82, 2.24) is 20.3 Å². The molecule has 1 aliphatic rings. The molecule has 8 heteroatoms. The number of aromatic nitrogens is 3. The molecule has 0 bridgehead atoms. The van der Waals surface area contributed by atoms with E-state index >= 15 is 0 Å². The third-order valence-corrected chi connectivity index (χ3v) is 5.24. The molecule has 0 saturated heterocycles. The molecule has 0 saturated carbocycles. The molecule has 0 spiro atoms. The summed E-state index contributed by atoms with van der Waals surface area (Å²) in [4.78, 5) is 15.2. The van der Waals surface area contributed by atoms with Crippen LogP contribution < -0.4 is 15.5 Å². The Morgan fingerprint density at radius 2 is 2.14 bits per heavy atom. The lowest BCUT2D eigenvalue weighted by Crippen LogP contribution is -2.13. The molecule has 1 aliphatic heterocycles. The van der Waals surface area contributed by atoms with Crippen LogP contribution in [0.3, 0.4) is 0 Å². The van der Waals surface area contributed by atoms with E-state index in [1.54, 1.807) is 12.3 Å². The van der Waals surface area contributed by atoms with E-state index in [1.807, 2.05) is 49.7 Å². The van der Waals surface area contributed by atoms with Gasteiger partial charge in [-0.1, -0.05) is 24.8 Å². The minimum atomic E-state index is -0.0236. The normalized spacial score (nSPS) is 15.9. The molecule has 144 valence electrons. The highest BCUT2D eigenvalue weighted by molar-refractivity contribution is 8.06. The second kappa shape index (κ2) is 8.76. The van der Waals surface area contributed by atoms with Gasteiger partial charge in [-0.2, -0.15) is 5.26 Å². The fourth-order valence-electron chi connectivity index (χ4n) is 2.61. The summed E-state index contributed by atoms with van der Waals surface area (Å²) in [7, 11) is 3.92. The molecule has 1 unspecified atom stereocenters. The fourth-order valence-corrected chi connectivity index (χ4v) is 3.56. The molecule has 2 aromatic rings. The molecule has 28 heavy (non-hydrogen) atoms. The second-order valence-corrected chi connectivity index (χ2v) is 7.41. The van der Waals surface area contributed by atoms with Gasteiger partial charge in [0.1, 0.15) is 17.5 Å². The van der Waals surface area contributed by atoms with E-state index in [-0.39, 0.29) is 6.04 Å². The summed E-state index contributed by atoms with van der Waals surface area (Å²) in [5.41, 5.74) is 3.24. The van der Waals surface area contributed by atoms with Crippen LogP contribution in [-0.2, 0) is 0 Å². The van der Waals surface area contributed by atoms with Crippen molar-refractivity contribution in [3.63, 3.8) is 0 Å². The summed E-state index contributed by atoms with van der Waals surface area (Å²) >= 11 is 1.51. The van der Waals surface area contributed by atoms with E-state index in [0.29, 0.717) is 17.2 Å². The first-order valence-electron chi connectivity index (χ1n) is 9.02. The molecule has 0 radical (unpaired) electrons. The molecule has 3 rings (SSSR count). The van der Waals surface area contributed by atoms with Crippen LogP contribution >= 0.6 is 11.8 Å². The Kier molecular flexibility index (Phi) is 6.16. The fraction of sp³-hybridized carbons (Fsp3) is 0.300. The van der Waals surface area contributed by atoms with E-state index < -0.39 is 0 Å². The van der Waals surface area contributed by atoms with E-state index in [9.17, 15) is 5.26 Å². The predicted octanol–water partition coefficient (Wildman–Crippen LogP) is 3.89. The van der Waals surface area contributed by atoms with Gasteiger partial charge >= 0.3 is 0 Å². The number of hydrogen-bond acceptors (Lipinski definition) is 8. The Bertz CT molecular complexity index is 942. The van der Waals surface area contributed by atoms with Gasteiger partial charge in [0.2, 0.25) is 5.95 Å². The minimum absolute atomic E-state index is 0.0236. The standard InChI is InChI=1S/C20H23N7S/c1-5-15-12-28-19(25-15)16(10-21)17-8-9-22-20(26-17)24-13(2)14-6-7-18(23-11-14)27(3)4/h6-9,11-13,25H,5H2,1-4H3,(H,22,24,26). The zero-order chi connectivity index (χ0) is 20.1. The highest BCUT2D eigenvalue weighted by Crippen LogP contribution is 2.32. The third-order valence-electron chi connectivity index (χ3n) is 4.30. The number of thioether (sulfide) groups is 1. The predicted molar refractivity (Wildman–Crippen MR) is 114 cm³/mol. The van der Waals surface area contributed by atoms with Gasteiger partial charge in [-0.15, -0.1) is 0 Å². The van der Waals surface area contributed by atoms with Crippen LogP contribution in [0.1, 0.15) is 37.6 Å². The lowest BCUT2D eigenvalue weighted by atomic mass is 10.1. The summed E-state index contributed by atoms with van der Waals surface area (Å²) < 4.78 is 0. The Labute approximate surface area is 169 Å². The Balaban J connectivity index is 1.78. The van der Waals surface area contributed by atoms with Crippen LogP contribution in [0.15, 0.2) is 46.7 Å². The van der Waals surface area contributed by atoms with Crippen LogP contribution in [0.25, 0.3) is 5.57 Å². The number of pyridine rings is 1. The van der Waals surface area contributed by atoms with Gasteiger partial charge in [-0.05, 0) is 36.4 Å². The molecule has 2 N–H and O–H groups in total. The molecule has 0 fully saturated rings. The molecule has 1 atom stereocenters. The summed E-state index contributed by atoms with van der Waals surface area (Å²) in [5, 5.41) is 19.0. The van der Waals surface area contributed by atoms with Crippen molar-refractivity contribution < 1.29 is 0 Å². The first kappa shape index (κ1) is 19.7. The number of nitrogens with zero attached hydrogens (tertiary/aromatic N) is 5. The zero-order valence-corrected chi connectivity index (χ0v) is 17.2. The summed E-state index contributed by atoms with van der Waals surface area (Å²) in [5.74, 6) is 1.38. The lowest BCUT2D eigenvalue weighted by molar-refractivity contribution is 0.850. The van der Waals surface area contributed by atoms with Gasteiger partial charge in [-0.3, -0.25) is 0 Å². The summed E-state index contributed by atoms with van der Waals surface area (Å²) in [6.07, 6.45) is 4.40. The second-order valence-electron chi connectivity index (χ2n) is 6.53. The Hall–Kier alpha value is -3.05. The highest BCUT2D eigenvalue weighted by Gasteiger charge is 2.17. The van der Waals surface area contributed by atoms with E-state index in [1.165, 1.54) is 11.8 Å². The van der Waals surface area contributed by atoms with Crippen LogP contribution in [0, 0.1) is 11.3 Å². The smallest absolute Gasteiger partial charge is 0.223 e. The number of anilines is 2. The number of nitrogens with one attached hydrogen (secondary N) is 2. The van der Waals surface area contributed by atoms with Crippen LogP contribution in [0.4, 0.5) is 11.8 Å². The third kappa shape index (κ3) is 4.43. The summed E-state index contributed by atoms with van der Waals surface area (Å²) in [6, 6.07) is 8.00. The Morgan fingerprint density at radius 3 is 2.75 bits per heavy atom. The maximum absolute atomic E-state index is 9.64. The number of nitriles is 1. The number of hydrogen-bond donors (Lipinski definition) is 2. The molecule has 2 aromatic heterocycles. The largest absolute Gasteiger partial charge is 0.363 e. The first-order chi connectivity index (χ1) is 13.5. The van der Waals surface area contributed by atoms with Gasteiger partial charge in [-0.25, -0.2) is 15.0 Å². The van der Waals surface area contributed by atoms with Gasteiger partial charge in [0.15, 0.2) is 0 Å².